The zero-order chi connectivity index (χ0) is 38.1. The lowest BCUT2D eigenvalue weighted by molar-refractivity contribution is 0.661. The molecule has 11 rings (SSSR count). The lowest BCUT2D eigenvalue weighted by Gasteiger charge is -2.22. The van der Waals surface area contributed by atoms with Gasteiger partial charge in [0.2, 0.25) is 0 Å². The largest absolute Gasteiger partial charge is 0.248 e. The fourth-order valence-electron chi connectivity index (χ4n) is 8.95. The van der Waals surface area contributed by atoms with Gasteiger partial charge >= 0.3 is 0 Å². The van der Waals surface area contributed by atoms with Crippen molar-refractivity contribution in [3.8, 4) is 67.4 Å². The molecule has 8 aromatic carbocycles. The molecule has 0 fully saturated rings. The van der Waals surface area contributed by atoms with Crippen molar-refractivity contribution in [1.82, 2.24) is 15.0 Å². The summed E-state index contributed by atoms with van der Waals surface area (Å²) in [6.45, 7) is 4.67. The Morgan fingerprint density at radius 1 is 0.333 bits per heavy atom. The molecule has 57 heavy (non-hydrogen) atoms. The predicted molar refractivity (Wildman–Crippen MR) is 237 cm³/mol. The Labute approximate surface area is 332 Å². The summed E-state index contributed by atoms with van der Waals surface area (Å²) in [6, 6.07) is 67.1. The lowest BCUT2D eigenvalue weighted by atomic mass is 9.82. The van der Waals surface area contributed by atoms with Crippen LogP contribution >= 0.6 is 0 Å². The first-order valence-corrected chi connectivity index (χ1v) is 19.6. The number of hydrogen-bond acceptors (Lipinski definition) is 3. The summed E-state index contributed by atoms with van der Waals surface area (Å²) in [7, 11) is 0. The number of benzene rings is 8. The number of fused-ring (bicyclic) bond motifs is 6. The molecule has 3 heteroatoms. The highest BCUT2D eigenvalue weighted by Gasteiger charge is 2.36. The number of aromatic nitrogens is 3. The van der Waals surface area contributed by atoms with E-state index in [1.807, 2.05) is 12.1 Å². The average Bonchev–Trinajstić information content (AvgIpc) is 3.50. The van der Waals surface area contributed by atoms with E-state index in [4.69, 9.17) is 15.0 Å². The minimum absolute atomic E-state index is 0.137. The number of hydrogen-bond donors (Lipinski definition) is 0. The zero-order valence-electron chi connectivity index (χ0n) is 31.7. The van der Waals surface area contributed by atoms with Crippen molar-refractivity contribution in [1.29, 1.82) is 0 Å². The molecule has 0 spiro atoms. The summed E-state index contributed by atoms with van der Waals surface area (Å²) >= 11 is 0. The van der Waals surface area contributed by atoms with Crippen molar-refractivity contribution >= 4 is 32.4 Å². The molecule has 0 atom stereocenters. The topological polar surface area (TPSA) is 38.7 Å². The Balaban J connectivity index is 1.16. The van der Waals surface area contributed by atoms with Gasteiger partial charge in [-0.3, -0.25) is 0 Å². The minimum Gasteiger partial charge on any atom is -0.248 e. The second kappa shape index (κ2) is 12.9. The third kappa shape index (κ3) is 5.46. The van der Waals surface area contributed by atoms with Crippen molar-refractivity contribution in [3.05, 3.63) is 199 Å². The van der Waals surface area contributed by atoms with Crippen LogP contribution in [0.1, 0.15) is 25.0 Å². The molecule has 3 nitrogen and oxygen atoms in total. The number of nitrogens with zero attached hydrogens (tertiary/aromatic N) is 3. The molecule has 0 saturated heterocycles. The Morgan fingerprint density at radius 2 is 0.930 bits per heavy atom. The maximum Gasteiger partial charge on any atom is 0.161 e. The van der Waals surface area contributed by atoms with Gasteiger partial charge in [0, 0.05) is 33.1 Å². The second-order valence-corrected chi connectivity index (χ2v) is 15.6. The predicted octanol–water partition coefficient (Wildman–Crippen LogP) is 14.0. The molecule has 10 aromatic rings. The van der Waals surface area contributed by atoms with E-state index >= 15 is 0 Å². The van der Waals surface area contributed by atoms with Crippen LogP contribution in [-0.2, 0) is 5.41 Å². The van der Waals surface area contributed by atoms with Crippen LogP contribution in [0.3, 0.4) is 0 Å². The molecule has 0 N–H and O–H groups in total. The lowest BCUT2D eigenvalue weighted by Crippen LogP contribution is -2.14. The first kappa shape index (κ1) is 33.1. The zero-order valence-corrected chi connectivity index (χ0v) is 31.7. The second-order valence-electron chi connectivity index (χ2n) is 15.6. The Hall–Kier alpha value is -7.23. The van der Waals surface area contributed by atoms with Gasteiger partial charge in [0.15, 0.2) is 5.82 Å². The fourth-order valence-corrected chi connectivity index (χ4v) is 8.95. The fraction of sp³-hybridized carbons (Fsp3) is 0.0556. The summed E-state index contributed by atoms with van der Waals surface area (Å²) in [5.74, 6) is 0.700. The van der Waals surface area contributed by atoms with Crippen LogP contribution in [0.2, 0.25) is 0 Å². The average molecular weight is 728 g/mol. The van der Waals surface area contributed by atoms with E-state index in [1.54, 1.807) is 0 Å². The van der Waals surface area contributed by atoms with E-state index in [9.17, 15) is 0 Å². The van der Waals surface area contributed by atoms with Crippen molar-refractivity contribution < 1.29 is 0 Å². The van der Waals surface area contributed by atoms with Crippen molar-refractivity contribution in [2.75, 3.05) is 0 Å². The van der Waals surface area contributed by atoms with Gasteiger partial charge < -0.3 is 0 Å². The van der Waals surface area contributed by atoms with Crippen LogP contribution in [0.25, 0.3) is 99.9 Å². The molecule has 0 radical (unpaired) electrons. The summed E-state index contributed by atoms with van der Waals surface area (Å²) in [5, 5.41) is 5.80. The van der Waals surface area contributed by atoms with Gasteiger partial charge in [-0.1, -0.05) is 166 Å². The Kier molecular flexibility index (Phi) is 7.52. The Bertz CT molecular complexity index is 3140. The highest BCUT2D eigenvalue weighted by atomic mass is 14.9. The van der Waals surface area contributed by atoms with E-state index in [1.165, 1.54) is 33.0 Å². The van der Waals surface area contributed by atoms with Crippen molar-refractivity contribution in [2.45, 2.75) is 19.3 Å². The maximum absolute atomic E-state index is 5.45. The minimum atomic E-state index is -0.137. The quantitative estimate of drug-likeness (QED) is 0.177. The van der Waals surface area contributed by atoms with E-state index in [0.29, 0.717) is 5.82 Å². The van der Waals surface area contributed by atoms with Crippen LogP contribution in [0, 0.1) is 0 Å². The third-order valence-corrected chi connectivity index (χ3v) is 11.9. The maximum atomic E-state index is 5.45. The highest BCUT2D eigenvalue weighted by molar-refractivity contribution is 6.10. The van der Waals surface area contributed by atoms with Crippen LogP contribution in [0.15, 0.2) is 188 Å². The van der Waals surface area contributed by atoms with Gasteiger partial charge in [0.25, 0.3) is 0 Å². The molecule has 2 aromatic heterocycles. The van der Waals surface area contributed by atoms with Crippen LogP contribution in [0.5, 0.6) is 0 Å². The smallest absolute Gasteiger partial charge is 0.161 e. The molecule has 1 aliphatic rings. The molecule has 0 amide bonds. The standard InChI is InChI=1S/C54H37N3/c1-54(2)47-24-14-13-23-42(47)45-30-46-44(31-49(55-52(46)32-48(45)54)38-26-25-34-15-9-10-20-37(34)29-38)41-27-28-43(40-22-12-11-21-39(40)41)53-56-50(35-16-5-3-6-17-35)33-51(57-53)36-18-7-4-8-19-36/h3-33H,1-2H3. The summed E-state index contributed by atoms with van der Waals surface area (Å²) in [6.07, 6.45) is 0. The van der Waals surface area contributed by atoms with Gasteiger partial charge in [-0.2, -0.15) is 0 Å². The van der Waals surface area contributed by atoms with Gasteiger partial charge in [0.05, 0.1) is 22.6 Å². The van der Waals surface area contributed by atoms with Gasteiger partial charge in [-0.25, -0.2) is 15.0 Å². The van der Waals surface area contributed by atoms with Gasteiger partial charge in [-0.05, 0) is 91.3 Å². The molecule has 0 aliphatic heterocycles. The first-order valence-electron chi connectivity index (χ1n) is 19.6. The molecular formula is C54H37N3. The van der Waals surface area contributed by atoms with Crippen molar-refractivity contribution in [2.24, 2.45) is 0 Å². The monoisotopic (exact) mass is 727 g/mol. The van der Waals surface area contributed by atoms with Crippen LogP contribution in [0.4, 0.5) is 0 Å². The Morgan fingerprint density at radius 3 is 1.67 bits per heavy atom. The van der Waals surface area contributed by atoms with Crippen LogP contribution in [-0.4, -0.2) is 15.0 Å². The van der Waals surface area contributed by atoms with E-state index < -0.39 is 0 Å². The SMILES string of the molecule is CC1(C)c2ccccc2-c2cc3c(-c4ccc(-c5nc(-c6ccccc6)cc(-c6ccccc6)n5)c5ccccc45)cc(-c4ccc5ccccc5c4)nc3cc21. The molecule has 2 heterocycles. The molecular weight excluding hydrogens is 691 g/mol. The molecule has 0 saturated carbocycles. The molecule has 0 bridgehead atoms. The number of rotatable bonds is 5. The molecule has 268 valence electrons. The van der Waals surface area contributed by atoms with Crippen molar-refractivity contribution in [3.63, 3.8) is 0 Å². The normalized spacial score (nSPS) is 12.9. The number of pyridine rings is 1. The van der Waals surface area contributed by atoms with Crippen LogP contribution < -0.4 is 0 Å². The van der Waals surface area contributed by atoms with Gasteiger partial charge in [0.1, 0.15) is 0 Å². The highest BCUT2D eigenvalue weighted by Crippen LogP contribution is 2.51. The summed E-state index contributed by atoms with van der Waals surface area (Å²) < 4.78 is 0. The first-order chi connectivity index (χ1) is 28.0. The van der Waals surface area contributed by atoms with E-state index in [0.717, 1.165) is 72.1 Å². The van der Waals surface area contributed by atoms with E-state index in [-0.39, 0.29) is 5.41 Å². The van der Waals surface area contributed by atoms with E-state index in [2.05, 4.69) is 190 Å². The summed E-state index contributed by atoms with van der Waals surface area (Å²) in [5.41, 5.74) is 15.4. The molecule has 1 aliphatic carbocycles. The molecule has 0 unspecified atom stereocenters. The third-order valence-electron chi connectivity index (χ3n) is 11.9. The van der Waals surface area contributed by atoms with Gasteiger partial charge in [-0.15, -0.1) is 0 Å². The summed E-state index contributed by atoms with van der Waals surface area (Å²) in [4.78, 5) is 15.9.